The Balaban J connectivity index is 1.96. The fourth-order valence-electron chi connectivity index (χ4n) is 1.98. The first-order valence-electron chi connectivity index (χ1n) is 5.77. The van der Waals surface area contributed by atoms with E-state index in [2.05, 4.69) is 31.2 Å². The maximum atomic E-state index is 6.21. The van der Waals surface area contributed by atoms with Crippen LogP contribution in [0.2, 0.25) is 0 Å². The van der Waals surface area contributed by atoms with Crippen molar-refractivity contribution >= 4 is 11.8 Å². The van der Waals surface area contributed by atoms with Crippen molar-refractivity contribution in [2.75, 3.05) is 18.1 Å². The number of aryl methyl sites for hydroxylation is 1. The summed E-state index contributed by atoms with van der Waals surface area (Å²) >= 11 is 1.94. The van der Waals surface area contributed by atoms with Crippen LogP contribution in [0, 0.1) is 6.92 Å². The largest absolute Gasteiger partial charge is 0.375 e. The molecule has 0 amide bonds. The van der Waals surface area contributed by atoms with E-state index >= 15 is 0 Å². The highest BCUT2D eigenvalue weighted by Crippen LogP contribution is 2.18. The van der Waals surface area contributed by atoms with E-state index in [1.54, 1.807) is 0 Å². The van der Waals surface area contributed by atoms with Gasteiger partial charge in [-0.3, -0.25) is 0 Å². The van der Waals surface area contributed by atoms with Crippen LogP contribution in [0.1, 0.15) is 11.1 Å². The lowest BCUT2D eigenvalue weighted by molar-refractivity contribution is 0.0571. The monoisotopic (exact) mass is 237 g/mol. The maximum Gasteiger partial charge on any atom is 0.0819 e. The smallest absolute Gasteiger partial charge is 0.0819 e. The predicted octanol–water partition coefficient (Wildman–Crippen LogP) is 2.00. The number of nitrogens with two attached hydrogens (primary N) is 1. The van der Waals surface area contributed by atoms with Crippen LogP contribution in [-0.4, -0.2) is 30.3 Å². The van der Waals surface area contributed by atoms with Crippen molar-refractivity contribution < 1.29 is 4.74 Å². The molecular weight excluding hydrogens is 218 g/mol. The van der Waals surface area contributed by atoms with Gasteiger partial charge in [-0.05, 0) is 24.5 Å². The van der Waals surface area contributed by atoms with Gasteiger partial charge in [0.05, 0.1) is 12.7 Å². The van der Waals surface area contributed by atoms with Crippen molar-refractivity contribution in [2.24, 2.45) is 5.73 Å². The quantitative estimate of drug-likeness (QED) is 0.873. The Morgan fingerprint density at radius 1 is 1.50 bits per heavy atom. The zero-order valence-corrected chi connectivity index (χ0v) is 10.5. The Morgan fingerprint density at radius 3 is 3.00 bits per heavy atom. The lowest BCUT2D eigenvalue weighted by atomic mass is 9.99. The minimum Gasteiger partial charge on any atom is -0.375 e. The molecule has 2 rings (SSSR count). The first-order chi connectivity index (χ1) is 7.77. The minimum atomic E-state index is 0.119. The second-order valence-electron chi connectivity index (χ2n) is 4.28. The first-order valence-corrected chi connectivity index (χ1v) is 6.92. The molecule has 1 saturated heterocycles. The van der Waals surface area contributed by atoms with Gasteiger partial charge in [0.15, 0.2) is 0 Å². The lowest BCUT2D eigenvalue weighted by Crippen LogP contribution is -2.42. The first kappa shape index (κ1) is 12.0. The molecule has 1 aliphatic heterocycles. The summed E-state index contributed by atoms with van der Waals surface area (Å²) in [5.74, 6) is 2.14. The molecule has 2 nitrogen and oxygen atoms in total. The molecule has 1 aliphatic rings. The average molecular weight is 237 g/mol. The molecule has 88 valence electrons. The lowest BCUT2D eigenvalue weighted by Gasteiger charge is -2.28. The van der Waals surface area contributed by atoms with E-state index in [1.165, 1.54) is 11.1 Å². The second kappa shape index (κ2) is 5.71. The molecular formula is C13H19NOS. The van der Waals surface area contributed by atoms with Crippen LogP contribution < -0.4 is 5.73 Å². The molecule has 3 heteroatoms. The van der Waals surface area contributed by atoms with Crippen molar-refractivity contribution in [2.45, 2.75) is 25.5 Å². The highest BCUT2D eigenvalue weighted by molar-refractivity contribution is 7.99. The molecule has 1 aromatic carbocycles. The third kappa shape index (κ3) is 3.00. The third-order valence-corrected chi connectivity index (χ3v) is 4.06. The molecule has 2 atom stereocenters. The zero-order chi connectivity index (χ0) is 11.4. The standard InChI is InChI=1S/C13H19NOS/c1-10-4-2-3-5-11(10)8-12(14)13-9-16-7-6-15-13/h2-5,12-13H,6-9,14H2,1H3. The van der Waals surface area contributed by atoms with E-state index in [0.29, 0.717) is 0 Å². The van der Waals surface area contributed by atoms with Gasteiger partial charge in [-0.1, -0.05) is 24.3 Å². The van der Waals surface area contributed by atoms with Crippen LogP contribution in [0.3, 0.4) is 0 Å². The van der Waals surface area contributed by atoms with Gasteiger partial charge in [-0.2, -0.15) is 11.8 Å². The van der Waals surface area contributed by atoms with Crippen LogP contribution in [0.5, 0.6) is 0 Å². The van der Waals surface area contributed by atoms with Crippen molar-refractivity contribution in [1.29, 1.82) is 0 Å². The molecule has 0 spiro atoms. The van der Waals surface area contributed by atoms with E-state index < -0.39 is 0 Å². The molecule has 0 aliphatic carbocycles. The summed E-state index contributed by atoms with van der Waals surface area (Å²) in [4.78, 5) is 0. The molecule has 2 unspecified atom stereocenters. The molecule has 16 heavy (non-hydrogen) atoms. The molecule has 1 heterocycles. The van der Waals surface area contributed by atoms with Crippen LogP contribution >= 0.6 is 11.8 Å². The van der Waals surface area contributed by atoms with Gasteiger partial charge in [0, 0.05) is 17.5 Å². The number of ether oxygens (including phenoxy) is 1. The van der Waals surface area contributed by atoms with Crippen molar-refractivity contribution in [1.82, 2.24) is 0 Å². The van der Waals surface area contributed by atoms with Crippen LogP contribution in [0.25, 0.3) is 0 Å². The van der Waals surface area contributed by atoms with Crippen molar-refractivity contribution in [3.05, 3.63) is 35.4 Å². The van der Waals surface area contributed by atoms with Gasteiger partial charge in [0.2, 0.25) is 0 Å². The van der Waals surface area contributed by atoms with Gasteiger partial charge in [0.25, 0.3) is 0 Å². The van der Waals surface area contributed by atoms with Gasteiger partial charge in [0.1, 0.15) is 0 Å². The number of hydrogen-bond acceptors (Lipinski definition) is 3. The highest BCUT2D eigenvalue weighted by atomic mass is 32.2. The Hall–Kier alpha value is -0.510. The number of benzene rings is 1. The van der Waals surface area contributed by atoms with Crippen LogP contribution in [-0.2, 0) is 11.2 Å². The van der Waals surface area contributed by atoms with Gasteiger partial charge in [-0.25, -0.2) is 0 Å². The van der Waals surface area contributed by atoms with Gasteiger partial charge >= 0.3 is 0 Å². The van der Waals surface area contributed by atoms with E-state index in [9.17, 15) is 0 Å². The topological polar surface area (TPSA) is 35.2 Å². The minimum absolute atomic E-state index is 0.119. The number of hydrogen-bond donors (Lipinski definition) is 1. The third-order valence-electron chi connectivity index (χ3n) is 3.04. The fraction of sp³-hybridized carbons (Fsp3) is 0.538. The molecule has 1 fully saturated rings. The molecule has 2 N–H and O–H groups in total. The Bertz CT molecular complexity index is 336. The summed E-state index contributed by atoms with van der Waals surface area (Å²) in [7, 11) is 0. The zero-order valence-electron chi connectivity index (χ0n) is 9.69. The maximum absolute atomic E-state index is 6.21. The van der Waals surface area contributed by atoms with Crippen LogP contribution in [0.15, 0.2) is 24.3 Å². The SMILES string of the molecule is Cc1ccccc1CC(N)C1CSCCO1. The highest BCUT2D eigenvalue weighted by Gasteiger charge is 2.22. The molecule has 0 bridgehead atoms. The van der Waals surface area contributed by atoms with E-state index in [-0.39, 0.29) is 12.1 Å². The summed E-state index contributed by atoms with van der Waals surface area (Å²) in [5.41, 5.74) is 8.87. The predicted molar refractivity (Wildman–Crippen MR) is 69.9 cm³/mol. The van der Waals surface area contributed by atoms with E-state index in [0.717, 1.165) is 24.5 Å². The number of thioether (sulfide) groups is 1. The molecule has 1 aromatic rings. The Kier molecular flexibility index (Phi) is 4.27. The van der Waals surface area contributed by atoms with Crippen molar-refractivity contribution in [3.8, 4) is 0 Å². The number of rotatable bonds is 3. The Morgan fingerprint density at radius 2 is 2.31 bits per heavy atom. The Labute approximate surface area is 102 Å². The van der Waals surface area contributed by atoms with Crippen molar-refractivity contribution in [3.63, 3.8) is 0 Å². The van der Waals surface area contributed by atoms with E-state index in [4.69, 9.17) is 10.5 Å². The summed E-state index contributed by atoms with van der Waals surface area (Å²) in [6.07, 6.45) is 1.14. The van der Waals surface area contributed by atoms with E-state index in [1.807, 2.05) is 11.8 Å². The summed E-state index contributed by atoms with van der Waals surface area (Å²) < 4.78 is 5.71. The molecule has 0 aromatic heterocycles. The van der Waals surface area contributed by atoms with Crippen LogP contribution in [0.4, 0.5) is 0 Å². The van der Waals surface area contributed by atoms with Gasteiger partial charge in [-0.15, -0.1) is 0 Å². The fourth-order valence-corrected chi connectivity index (χ4v) is 2.93. The summed E-state index contributed by atoms with van der Waals surface area (Å²) in [6, 6.07) is 8.56. The normalized spacial score (nSPS) is 23.0. The van der Waals surface area contributed by atoms with Gasteiger partial charge < -0.3 is 10.5 Å². The average Bonchev–Trinajstić information content (AvgIpc) is 2.33. The molecule has 0 saturated carbocycles. The molecule has 0 radical (unpaired) electrons. The summed E-state index contributed by atoms with van der Waals surface area (Å²) in [6.45, 7) is 2.98. The second-order valence-corrected chi connectivity index (χ2v) is 5.43. The summed E-state index contributed by atoms with van der Waals surface area (Å²) in [5, 5.41) is 0.